The van der Waals surface area contributed by atoms with E-state index in [1.54, 1.807) is 4.57 Å². The summed E-state index contributed by atoms with van der Waals surface area (Å²) in [6.45, 7) is 2.65. The molecule has 0 radical (unpaired) electrons. The van der Waals surface area contributed by atoms with Crippen LogP contribution in [0.2, 0.25) is 0 Å². The zero-order valence-corrected chi connectivity index (χ0v) is 15.2. The molecule has 0 amide bonds. The number of nitrogens with one attached hydrogen (secondary N) is 1. The van der Waals surface area contributed by atoms with Crippen molar-refractivity contribution in [3.63, 3.8) is 0 Å². The molecule has 1 saturated heterocycles. The Hall–Kier alpha value is -2.41. The Labute approximate surface area is 157 Å². The highest BCUT2D eigenvalue weighted by Crippen LogP contribution is 2.28. The number of oxazole rings is 1. The lowest BCUT2D eigenvalue weighted by atomic mass is 9.89. The second-order valence-corrected chi connectivity index (χ2v) is 7.05. The first-order valence-corrected chi connectivity index (χ1v) is 9.44. The van der Waals surface area contributed by atoms with E-state index < -0.39 is 0 Å². The number of fused-ring (bicyclic) bond motifs is 1. The number of ether oxygens (including phenoxy) is 1. The smallest absolute Gasteiger partial charge is 0.408 e. The molecule has 3 aromatic rings. The van der Waals surface area contributed by atoms with Crippen molar-refractivity contribution in [3.8, 4) is 0 Å². The summed E-state index contributed by atoms with van der Waals surface area (Å²) in [6, 6.07) is 18.0. The van der Waals surface area contributed by atoms with Crippen molar-refractivity contribution in [2.24, 2.45) is 11.7 Å². The maximum atomic E-state index is 12.1. The van der Waals surface area contributed by atoms with Gasteiger partial charge in [0.05, 0.1) is 18.7 Å². The molecule has 142 valence electrons. The van der Waals surface area contributed by atoms with Crippen molar-refractivity contribution in [2.75, 3.05) is 19.8 Å². The number of benzene rings is 2. The topological polar surface area (TPSA) is 82.4 Å². The van der Waals surface area contributed by atoms with Crippen LogP contribution in [0, 0.1) is 5.92 Å². The zero-order chi connectivity index (χ0) is 18.6. The number of rotatable bonds is 7. The van der Waals surface area contributed by atoms with Gasteiger partial charge in [0.25, 0.3) is 0 Å². The molecule has 2 aromatic carbocycles. The van der Waals surface area contributed by atoms with Gasteiger partial charge in [0, 0.05) is 24.5 Å². The van der Waals surface area contributed by atoms with E-state index in [1.165, 1.54) is 5.56 Å². The van der Waals surface area contributed by atoms with E-state index in [0.717, 1.165) is 18.5 Å². The fraction of sp³-hybridized carbons (Fsp3) is 0.381. The van der Waals surface area contributed by atoms with Crippen LogP contribution in [-0.4, -0.2) is 30.4 Å². The Morgan fingerprint density at radius 1 is 1.11 bits per heavy atom. The summed E-state index contributed by atoms with van der Waals surface area (Å²) in [4.78, 5) is 12.1. The lowest BCUT2D eigenvalue weighted by Crippen LogP contribution is -2.39. The number of para-hydroxylation sites is 2. The third-order valence-electron chi connectivity index (χ3n) is 5.25. The fourth-order valence-electron chi connectivity index (χ4n) is 3.83. The Morgan fingerprint density at radius 3 is 2.67 bits per heavy atom. The van der Waals surface area contributed by atoms with Crippen molar-refractivity contribution in [1.82, 2.24) is 9.88 Å². The predicted molar refractivity (Wildman–Crippen MR) is 105 cm³/mol. The van der Waals surface area contributed by atoms with Gasteiger partial charge in [-0.3, -0.25) is 4.57 Å². The largest absolute Gasteiger partial charge is 0.419 e. The highest BCUT2D eigenvalue weighted by molar-refractivity contribution is 5.72. The van der Waals surface area contributed by atoms with Crippen molar-refractivity contribution >= 4 is 11.1 Å². The number of hydrogen-bond acceptors (Lipinski definition) is 5. The van der Waals surface area contributed by atoms with Crippen LogP contribution in [0.25, 0.3) is 11.1 Å². The third-order valence-corrected chi connectivity index (χ3v) is 5.25. The van der Waals surface area contributed by atoms with Gasteiger partial charge in [-0.1, -0.05) is 42.5 Å². The quantitative estimate of drug-likeness (QED) is 0.626. The number of nitrogens with two attached hydrogens (primary N) is 1. The highest BCUT2D eigenvalue weighted by Gasteiger charge is 2.32. The van der Waals surface area contributed by atoms with E-state index in [1.807, 2.05) is 42.5 Å². The monoisotopic (exact) mass is 367 g/mol. The van der Waals surface area contributed by atoms with E-state index in [-0.39, 0.29) is 23.8 Å². The molecular weight excluding hydrogens is 342 g/mol. The molecule has 27 heavy (non-hydrogen) atoms. The Bertz CT molecular complexity index is 934. The molecule has 0 bridgehead atoms. The van der Waals surface area contributed by atoms with Crippen molar-refractivity contribution < 1.29 is 9.15 Å². The molecule has 3 N–H and O–H groups in total. The summed E-state index contributed by atoms with van der Waals surface area (Å²) < 4.78 is 12.6. The van der Waals surface area contributed by atoms with Gasteiger partial charge in [-0.25, -0.2) is 4.79 Å². The first-order valence-electron chi connectivity index (χ1n) is 9.44. The van der Waals surface area contributed by atoms with Crippen LogP contribution in [0.1, 0.15) is 18.0 Å². The molecule has 1 aliphatic heterocycles. The van der Waals surface area contributed by atoms with Gasteiger partial charge in [0.2, 0.25) is 0 Å². The van der Waals surface area contributed by atoms with Crippen molar-refractivity contribution in [2.45, 2.75) is 25.0 Å². The number of hydrogen-bond donors (Lipinski definition) is 2. The molecule has 1 fully saturated rings. The maximum Gasteiger partial charge on any atom is 0.419 e. The van der Waals surface area contributed by atoms with Gasteiger partial charge in [0.1, 0.15) is 0 Å². The van der Waals surface area contributed by atoms with Gasteiger partial charge in [-0.05, 0) is 30.7 Å². The van der Waals surface area contributed by atoms with Gasteiger partial charge in [-0.15, -0.1) is 0 Å². The molecule has 1 aromatic heterocycles. The van der Waals surface area contributed by atoms with Crippen LogP contribution in [0.4, 0.5) is 0 Å². The number of nitrogens with zero attached hydrogens (tertiary/aromatic N) is 1. The van der Waals surface area contributed by atoms with Crippen LogP contribution in [-0.2, 0) is 11.3 Å². The average molecular weight is 367 g/mol. The molecule has 4 rings (SSSR count). The highest BCUT2D eigenvalue weighted by atomic mass is 16.5. The van der Waals surface area contributed by atoms with Crippen LogP contribution in [0.5, 0.6) is 0 Å². The third kappa shape index (κ3) is 3.83. The standard InChI is InChI=1S/C21H25N3O3/c22-17-14-26-13-16(17)20(15-7-2-1-3-8-15)23-11-6-12-24-18-9-4-5-10-19(18)27-21(24)25/h1-5,7-10,16-17,20,23H,6,11-14,22H2/t16-,17-,20?/m1/s1. The van der Waals surface area contributed by atoms with Crippen LogP contribution >= 0.6 is 0 Å². The molecular formula is C21H25N3O3. The van der Waals surface area contributed by atoms with Crippen molar-refractivity contribution in [1.29, 1.82) is 0 Å². The van der Waals surface area contributed by atoms with Crippen LogP contribution in [0.15, 0.2) is 63.8 Å². The minimum absolute atomic E-state index is 0.0307. The number of aromatic nitrogens is 1. The lowest BCUT2D eigenvalue weighted by molar-refractivity contribution is 0.176. The maximum absolute atomic E-state index is 12.1. The molecule has 6 nitrogen and oxygen atoms in total. The average Bonchev–Trinajstić information content (AvgIpc) is 3.25. The summed E-state index contributed by atoms with van der Waals surface area (Å²) in [5, 5.41) is 3.63. The van der Waals surface area contributed by atoms with Crippen LogP contribution in [0.3, 0.4) is 0 Å². The Kier molecular flexibility index (Phi) is 5.38. The summed E-state index contributed by atoms with van der Waals surface area (Å²) in [5.74, 6) is -0.0631. The Balaban J connectivity index is 1.42. The zero-order valence-electron chi connectivity index (χ0n) is 15.2. The van der Waals surface area contributed by atoms with E-state index in [2.05, 4.69) is 17.4 Å². The van der Waals surface area contributed by atoms with Crippen LogP contribution < -0.4 is 16.8 Å². The first-order chi connectivity index (χ1) is 13.2. The Morgan fingerprint density at radius 2 is 1.89 bits per heavy atom. The molecule has 3 atom stereocenters. The second-order valence-electron chi connectivity index (χ2n) is 7.05. The van der Waals surface area contributed by atoms with E-state index in [9.17, 15) is 4.79 Å². The normalized spacial score (nSPS) is 20.9. The van der Waals surface area contributed by atoms with E-state index >= 15 is 0 Å². The van der Waals surface area contributed by atoms with E-state index in [4.69, 9.17) is 14.9 Å². The lowest BCUT2D eigenvalue weighted by Gasteiger charge is -2.27. The minimum Gasteiger partial charge on any atom is -0.408 e. The predicted octanol–water partition coefficient (Wildman–Crippen LogP) is 2.29. The van der Waals surface area contributed by atoms with Gasteiger partial charge >= 0.3 is 5.76 Å². The SMILES string of the molecule is N[C@@H]1COC[C@H]1C(NCCCn1c(=O)oc2ccccc21)c1ccccc1. The second kappa shape index (κ2) is 8.08. The summed E-state index contributed by atoms with van der Waals surface area (Å²) >= 11 is 0. The molecule has 0 aliphatic carbocycles. The van der Waals surface area contributed by atoms with Gasteiger partial charge in [0.15, 0.2) is 5.58 Å². The molecule has 2 heterocycles. The molecule has 0 spiro atoms. The number of aryl methyl sites for hydroxylation is 1. The van der Waals surface area contributed by atoms with Gasteiger partial charge in [-0.2, -0.15) is 0 Å². The molecule has 1 unspecified atom stereocenters. The minimum atomic E-state index is -0.304. The molecule has 1 aliphatic rings. The summed E-state index contributed by atoms with van der Waals surface area (Å²) in [7, 11) is 0. The molecule has 0 saturated carbocycles. The van der Waals surface area contributed by atoms with Gasteiger partial charge < -0.3 is 20.2 Å². The fourth-order valence-corrected chi connectivity index (χ4v) is 3.83. The summed E-state index contributed by atoms with van der Waals surface area (Å²) in [5.41, 5.74) is 8.95. The van der Waals surface area contributed by atoms with Crippen molar-refractivity contribution in [3.05, 3.63) is 70.7 Å². The molecule has 6 heteroatoms. The summed E-state index contributed by atoms with van der Waals surface area (Å²) in [6.07, 6.45) is 0.815. The van der Waals surface area contributed by atoms with E-state index in [0.29, 0.717) is 25.3 Å². The first kappa shape index (κ1) is 18.0.